The van der Waals surface area contributed by atoms with Crippen LogP contribution in [0.15, 0.2) is 72.8 Å². The number of hydrogen-bond acceptors (Lipinski definition) is 4. The summed E-state index contributed by atoms with van der Waals surface area (Å²) >= 11 is 19.4. The smallest absolute Gasteiger partial charge is 0.338 e. The SMILES string of the molecule is O=C(Nc1sc(-c2ccc(OCc3c(Cl)cccc3Cl)cc2)cc1C(=O)O)c1ccc(Cl)cc1. The van der Waals surface area contributed by atoms with Crippen LogP contribution in [-0.2, 0) is 6.61 Å². The molecule has 0 spiro atoms. The van der Waals surface area contributed by atoms with Crippen LogP contribution in [0.25, 0.3) is 10.4 Å². The van der Waals surface area contributed by atoms with Crippen LogP contribution in [0, 0.1) is 0 Å². The van der Waals surface area contributed by atoms with Crippen molar-refractivity contribution in [2.24, 2.45) is 0 Å². The second-order valence-corrected chi connectivity index (χ2v) is 9.44. The zero-order chi connectivity index (χ0) is 24.2. The minimum absolute atomic E-state index is 0.0102. The molecule has 0 aliphatic rings. The molecule has 4 aromatic rings. The summed E-state index contributed by atoms with van der Waals surface area (Å²) in [7, 11) is 0. The Morgan fingerprint density at radius 2 is 1.56 bits per heavy atom. The van der Waals surface area contributed by atoms with Crippen molar-refractivity contribution in [2.75, 3.05) is 5.32 Å². The summed E-state index contributed by atoms with van der Waals surface area (Å²) in [6, 6.07) is 20.3. The molecule has 0 saturated carbocycles. The third-order valence-corrected chi connectivity index (χ3v) is 6.94. The molecule has 0 aliphatic carbocycles. The van der Waals surface area contributed by atoms with Gasteiger partial charge in [0.2, 0.25) is 0 Å². The van der Waals surface area contributed by atoms with Gasteiger partial charge in [-0.3, -0.25) is 4.79 Å². The van der Waals surface area contributed by atoms with E-state index in [9.17, 15) is 14.7 Å². The highest BCUT2D eigenvalue weighted by Crippen LogP contribution is 2.36. The topological polar surface area (TPSA) is 75.6 Å². The number of thiophene rings is 1. The summed E-state index contributed by atoms with van der Waals surface area (Å²) in [5.41, 5.74) is 1.86. The van der Waals surface area contributed by atoms with Gasteiger partial charge < -0.3 is 15.2 Å². The van der Waals surface area contributed by atoms with Crippen molar-refractivity contribution < 1.29 is 19.4 Å². The number of rotatable bonds is 7. The number of anilines is 1. The zero-order valence-corrected chi connectivity index (χ0v) is 20.4. The number of amides is 1. The fourth-order valence-electron chi connectivity index (χ4n) is 3.10. The number of halogens is 3. The number of hydrogen-bond donors (Lipinski definition) is 2. The molecule has 0 fully saturated rings. The molecule has 34 heavy (non-hydrogen) atoms. The van der Waals surface area contributed by atoms with Gasteiger partial charge in [0.25, 0.3) is 5.91 Å². The van der Waals surface area contributed by atoms with Crippen LogP contribution in [0.3, 0.4) is 0 Å². The molecule has 1 aromatic heterocycles. The van der Waals surface area contributed by atoms with Crippen LogP contribution < -0.4 is 10.1 Å². The van der Waals surface area contributed by atoms with E-state index in [-0.39, 0.29) is 17.2 Å². The molecule has 0 aliphatic heterocycles. The lowest BCUT2D eigenvalue weighted by molar-refractivity contribution is 0.0698. The molecular formula is C25H16Cl3NO4S. The second kappa shape index (κ2) is 10.5. The van der Waals surface area contributed by atoms with E-state index in [1.54, 1.807) is 54.6 Å². The first kappa shape index (κ1) is 24.1. The van der Waals surface area contributed by atoms with Crippen molar-refractivity contribution in [3.8, 4) is 16.2 Å². The lowest BCUT2D eigenvalue weighted by Gasteiger charge is -2.10. The van der Waals surface area contributed by atoms with E-state index in [2.05, 4.69) is 5.32 Å². The predicted octanol–water partition coefficient (Wildman–Crippen LogP) is 7.90. The van der Waals surface area contributed by atoms with E-state index in [1.807, 2.05) is 12.1 Å². The van der Waals surface area contributed by atoms with Crippen molar-refractivity contribution in [2.45, 2.75) is 6.61 Å². The molecule has 9 heteroatoms. The van der Waals surface area contributed by atoms with Crippen molar-refractivity contribution in [1.82, 2.24) is 0 Å². The first-order chi connectivity index (χ1) is 16.3. The van der Waals surface area contributed by atoms with Gasteiger partial charge in [0.05, 0.1) is 5.56 Å². The number of carbonyl (C=O) groups excluding carboxylic acids is 1. The summed E-state index contributed by atoms with van der Waals surface area (Å²) in [6.07, 6.45) is 0. The lowest BCUT2D eigenvalue weighted by Crippen LogP contribution is -2.12. The molecule has 0 radical (unpaired) electrons. The Bertz CT molecular complexity index is 1330. The van der Waals surface area contributed by atoms with Crippen LogP contribution in [0.1, 0.15) is 26.3 Å². The first-order valence-electron chi connectivity index (χ1n) is 9.92. The molecular weight excluding hydrogens is 517 g/mol. The van der Waals surface area contributed by atoms with Crippen molar-refractivity contribution in [3.63, 3.8) is 0 Å². The summed E-state index contributed by atoms with van der Waals surface area (Å²) in [4.78, 5) is 25.0. The summed E-state index contributed by atoms with van der Waals surface area (Å²) in [5, 5.41) is 14.1. The maximum absolute atomic E-state index is 12.6. The maximum Gasteiger partial charge on any atom is 0.338 e. The van der Waals surface area contributed by atoms with Crippen LogP contribution in [-0.4, -0.2) is 17.0 Å². The highest BCUT2D eigenvalue weighted by molar-refractivity contribution is 7.20. The standard InChI is InChI=1S/C25H16Cl3NO4S/c26-16-8-4-15(5-9-16)23(30)29-24-18(25(31)32)12-22(34-24)14-6-10-17(11-7-14)33-13-19-20(27)2-1-3-21(19)28/h1-12H,13H2,(H,29,30)(H,31,32). The van der Waals surface area contributed by atoms with E-state index in [4.69, 9.17) is 39.5 Å². The van der Waals surface area contributed by atoms with Crippen LogP contribution in [0.4, 0.5) is 5.00 Å². The number of aromatic carboxylic acids is 1. The van der Waals surface area contributed by atoms with E-state index < -0.39 is 11.9 Å². The maximum atomic E-state index is 12.6. The fourth-order valence-corrected chi connectivity index (χ4v) is 4.79. The normalized spacial score (nSPS) is 10.7. The van der Waals surface area contributed by atoms with Crippen LogP contribution >= 0.6 is 46.1 Å². The average molecular weight is 533 g/mol. The molecule has 0 saturated heterocycles. The zero-order valence-electron chi connectivity index (χ0n) is 17.3. The van der Waals surface area contributed by atoms with Crippen molar-refractivity contribution >= 4 is 63.0 Å². The minimum Gasteiger partial charge on any atom is -0.489 e. The van der Waals surface area contributed by atoms with E-state index in [1.165, 1.54) is 17.4 Å². The Morgan fingerprint density at radius 1 is 0.912 bits per heavy atom. The van der Waals surface area contributed by atoms with Gasteiger partial charge >= 0.3 is 5.97 Å². The quantitative estimate of drug-likeness (QED) is 0.254. The molecule has 3 aromatic carbocycles. The molecule has 1 amide bonds. The summed E-state index contributed by atoms with van der Waals surface area (Å²) < 4.78 is 5.80. The Kier molecular flexibility index (Phi) is 7.44. The monoisotopic (exact) mass is 531 g/mol. The van der Waals surface area contributed by atoms with Gasteiger partial charge in [0.1, 0.15) is 17.4 Å². The number of carboxylic acids is 1. The Labute approximate surface area is 214 Å². The number of ether oxygens (including phenoxy) is 1. The average Bonchev–Trinajstić information content (AvgIpc) is 3.23. The third-order valence-electron chi connectivity index (χ3n) is 4.88. The fraction of sp³-hybridized carbons (Fsp3) is 0.0400. The molecule has 1 heterocycles. The molecule has 172 valence electrons. The highest BCUT2D eigenvalue weighted by atomic mass is 35.5. The van der Waals surface area contributed by atoms with Gasteiger partial charge in [0, 0.05) is 31.1 Å². The molecule has 0 bridgehead atoms. The van der Waals surface area contributed by atoms with Gasteiger partial charge in [-0.15, -0.1) is 11.3 Å². The highest BCUT2D eigenvalue weighted by Gasteiger charge is 2.19. The molecule has 2 N–H and O–H groups in total. The summed E-state index contributed by atoms with van der Waals surface area (Å²) in [6.45, 7) is 0.209. The Balaban J connectivity index is 1.51. The second-order valence-electron chi connectivity index (χ2n) is 7.13. The lowest BCUT2D eigenvalue weighted by atomic mass is 10.1. The predicted molar refractivity (Wildman–Crippen MR) is 137 cm³/mol. The Morgan fingerprint density at radius 3 is 2.18 bits per heavy atom. The first-order valence-corrected chi connectivity index (χ1v) is 11.9. The Hall–Kier alpha value is -3.03. The van der Waals surface area contributed by atoms with Crippen molar-refractivity contribution in [1.29, 1.82) is 0 Å². The largest absolute Gasteiger partial charge is 0.489 e. The van der Waals surface area contributed by atoms with Crippen molar-refractivity contribution in [3.05, 3.63) is 105 Å². The van der Waals surface area contributed by atoms with Crippen LogP contribution in [0.5, 0.6) is 5.75 Å². The van der Waals surface area contributed by atoms with Gasteiger partial charge in [-0.25, -0.2) is 4.79 Å². The van der Waals surface area contributed by atoms with Crippen LogP contribution in [0.2, 0.25) is 15.1 Å². The number of carbonyl (C=O) groups is 2. The van der Waals surface area contributed by atoms with Gasteiger partial charge in [0.15, 0.2) is 0 Å². The number of benzene rings is 3. The molecule has 5 nitrogen and oxygen atoms in total. The van der Waals surface area contributed by atoms with Gasteiger partial charge in [-0.1, -0.05) is 40.9 Å². The minimum atomic E-state index is -1.13. The molecule has 4 rings (SSSR count). The number of nitrogens with one attached hydrogen (secondary N) is 1. The third kappa shape index (κ3) is 5.54. The molecule has 0 unspecified atom stereocenters. The van der Waals surface area contributed by atoms with Gasteiger partial charge in [-0.2, -0.15) is 0 Å². The van der Waals surface area contributed by atoms with E-state index in [0.717, 1.165) is 5.56 Å². The summed E-state index contributed by atoms with van der Waals surface area (Å²) in [5.74, 6) is -0.953. The molecule has 0 atom stereocenters. The number of carboxylic acid groups (broad SMARTS) is 1. The van der Waals surface area contributed by atoms with E-state index in [0.29, 0.717) is 36.8 Å². The van der Waals surface area contributed by atoms with Gasteiger partial charge in [-0.05, 0) is 72.3 Å². The van der Waals surface area contributed by atoms with E-state index >= 15 is 0 Å².